The molecule has 0 aliphatic rings. The molecule has 0 aliphatic heterocycles. The van der Waals surface area contributed by atoms with Gasteiger partial charge in [-0.25, -0.2) is 4.79 Å². The van der Waals surface area contributed by atoms with Gasteiger partial charge in [0.25, 0.3) is 0 Å². The van der Waals surface area contributed by atoms with Crippen LogP contribution in [0.25, 0.3) is 11.4 Å². The van der Waals surface area contributed by atoms with Crippen molar-refractivity contribution in [3.63, 3.8) is 0 Å². The Bertz CT molecular complexity index is 593. The van der Waals surface area contributed by atoms with Gasteiger partial charge < -0.3 is 10.1 Å². The minimum absolute atomic E-state index is 0.390. The number of nitrogens with one attached hydrogen (secondary N) is 1. The Kier molecular flexibility index (Phi) is 4.42. The third-order valence-electron chi connectivity index (χ3n) is 2.46. The average molecular weight is 287 g/mol. The van der Waals surface area contributed by atoms with Crippen molar-refractivity contribution in [1.29, 1.82) is 0 Å². The second-order valence-corrected chi connectivity index (χ2v) is 5.42. The first kappa shape index (κ1) is 14.8. The molecular formula is C14H17N5O2. The highest BCUT2D eigenvalue weighted by Gasteiger charge is 2.15. The van der Waals surface area contributed by atoms with Gasteiger partial charge >= 0.3 is 6.09 Å². The number of alkyl carbamates (subject to hydrolysis) is 1. The van der Waals surface area contributed by atoms with E-state index in [4.69, 9.17) is 4.74 Å². The number of aromatic nitrogens is 4. The highest BCUT2D eigenvalue weighted by molar-refractivity contribution is 5.67. The van der Waals surface area contributed by atoms with Gasteiger partial charge in [0, 0.05) is 12.1 Å². The molecule has 21 heavy (non-hydrogen) atoms. The Morgan fingerprint density at radius 1 is 1.14 bits per heavy atom. The number of rotatable bonds is 3. The van der Waals surface area contributed by atoms with Crippen molar-refractivity contribution in [2.75, 3.05) is 0 Å². The third kappa shape index (κ3) is 4.79. The Morgan fingerprint density at radius 3 is 2.33 bits per heavy atom. The van der Waals surface area contributed by atoms with E-state index in [1.54, 1.807) is 0 Å². The van der Waals surface area contributed by atoms with E-state index in [9.17, 15) is 4.79 Å². The Morgan fingerprint density at radius 2 is 1.76 bits per heavy atom. The summed E-state index contributed by atoms with van der Waals surface area (Å²) in [6, 6.07) is 7.46. The molecule has 0 fully saturated rings. The summed E-state index contributed by atoms with van der Waals surface area (Å²) in [7, 11) is 0. The average Bonchev–Trinajstić information content (AvgIpc) is 2.45. The zero-order valence-corrected chi connectivity index (χ0v) is 12.2. The molecule has 7 nitrogen and oxygen atoms in total. The first-order chi connectivity index (χ1) is 9.94. The lowest BCUT2D eigenvalue weighted by Crippen LogP contribution is -2.32. The van der Waals surface area contributed by atoms with Crippen LogP contribution in [0.5, 0.6) is 0 Å². The van der Waals surface area contributed by atoms with Crippen LogP contribution in [-0.2, 0) is 11.3 Å². The molecule has 1 aromatic heterocycles. The zero-order valence-electron chi connectivity index (χ0n) is 12.2. The van der Waals surface area contributed by atoms with E-state index >= 15 is 0 Å². The van der Waals surface area contributed by atoms with Gasteiger partial charge in [-0.1, -0.05) is 24.3 Å². The molecule has 0 spiro atoms. The van der Waals surface area contributed by atoms with Crippen LogP contribution in [-0.4, -0.2) is 32.1 Å². The summed E-state index contributed by atoms with van der Waals surface area (Å²) in [5.74, 6) is 0.462. The molecule has 0 saturated heterocycles. The molecule has 1 amide bonds. The van der Waals surface area contributed by atoms with Gasteiger partial charge in [0.05, 0.1) is 0 Å². The highest BCUT2D eigenvalue weighted by Crippen LogP contribution is 2.14. The predicted molar refractivity (Wildman–Crippen MR) is 76.1 cm³/mol. The summed E-state index contributed by atoms with van der Waals surface area (Å²) in [5.41, 5.74) is 1.26. The largest absolute Gasteiger partial charge is 0.444 e. The number of carbonyl (C=O) groups excluding carboxylic acids is 1. The van der Waals surface area contributed by atoms with E-state index in [0.717, 1.165) is 11.1 Å². The number of carbonyl (C=O) groups is 1. The van der Waals surface area contributed by atoms with E-state index in [1.165, 1.54) is 6.33 Å². The third-order valence-corrected chi connectivity index (χ3v) is 2.46. The molecule has 0 bridgehead atoms. The number of ether oxygens (including phenoxy) is 1. The smallest absolute Gasteiger partial charge is 0.407 e. The summed E-state index contributed by atoms with van der Waals surface area (Å²) < 4.78 is 5.17. The second kappa shape index (κ2) is 6.25. The second-order valence-electron chi connectivity index (χ2n) is 5.42. The molecule has 2 rings (SSSR count). The lowest BCUT2D eigenvalue weighted by molar-refractivity contribution is 0.0523. The van der Waals surface area contributed by atoms with Crippen LogP contribution in [0, 0.1) is 0 Å². The summed E-state index contributed by atoms with van der Waals surface area (Å²) in [5, 5.41) is 17.8. The van der Waals surface area contributed by atoms with Gasteiger partial charge in [0.15, 0.2) is 6.33 Å². The molecule has 7 heteroatoms. The van der Waals surface area contributed by atoms with Crippen LogP contribution in [0.4, 0.5) is 4.79 Å². The number of amides is 1. The van der Waals surface area contributed by atoms with Crippen LogP contribution >= 0.6 is 0 Å². The molecule has 2 aromatic rings. The molecule has 0 aliphatic carbocycles. The van der Waals surface area contributed by atoms with E-state index in [-0.39, 0.29) is 0 Å². The molecule has 0 saturated carbocycles. The minimum Gasteiger partial charge on any atom is -0.444 e. The van der Waals surface area contributed by atoms with Crippen molar-refractivity contribution in [3.05, 3.63) is 36.2 Å². The van der Waals surface area contributed by atoms with E-state index < -0.39 is 11.7 Å². The quantitative estimate of drug-likeness (QED) is 0.928. The zero-order chi connectivity index (χ0) is 15.3. The highest BCUT2D eigenvalue weighted by atomic mass is 16.6. The Hall–Kier alpha value is -2.57. The van der Waals surface area contributed by atoms with Crippen LogP contribution in [0.1, 0.15) is 26.3 Å². The van der Waals surface area contributed by atoms with Crippen molar-refractivity contribution in [1.82, 2.24) is 25.7 Å². The Labute approximate surface area is 122 Å². The number of hydrogen-bond acceptors (Lipinski definition) is 6. The number of hydrogen-bond donors (Lipinski definition) is 1. The number of benzene rings is 1. The molecule has 0 radical (unpaired) electrons. The molecule has 0 unspecified atom stereocenters. The van der Waals surface area contributed by atoms with E-state index in [2.05, 4.69) is 25.7 Å². The molecule has 1 aromatic carbocycles. The summed E-state index contributed by atoms with van der Waals surface area (Å²) in [6.45, 7) is 5.86. The summed E-state index contributed by atoms with van der Waals surface area (Å²) in [4.78, 5) is 11.6. The number of nitrogens with zero attached hydrogens (tertiary/aromatic N) is 4. The van der Waals surface area contributed by atoms with Gasteiger partial charge in [-0.15, -0.1) is 20.4 Å². The molecular weight excluding hydrogens is 270 g/mol. The lowest BCUT2D eigenvalue weighted by atomic mass is 10.1. The maximum Gasteiger partial charge on any atom is 0.407 e. The SMILES string of the molecule is CC(C)(C)OC(=O)NCc1ccc(-c2nncnn2)cc1. The van der Waals surface area contributed by atoms with Crippen molar-refractivity contribution in [3.8, 4) is 11.4 Å². The first-order valence-corrected chi connectivity index (χ1v) is 6.50. The predicted octanol–water partition coefficient (Wildman–Crippen LogP) is 1.96. The topological polar surface area (TPSA) is 89.9 Å². The van der Waals surface area contributed by atoms with Gasteiger partial charge in [-0.2, -0.15) is 0 Å². The standard InChI is InChI=1S/C14H17N5O2/c1-14(2,3)21-13(20)15-8-10-4-6-11(7-5-10)12-18-16-9-17-19-12/h4-7,9H,8H2,1-3H3,(H,15,20). The van der Waals surface area contributed by atoms with Crippen molar-refractivity contribution in [2.45, 2.75) is 32.9 Å². The van der Waals surface area contributed by atoms with Crippen LogP contribution < -0.4 is 5.32 Å². The fourth-order valence-corrected chi connectivity index (χ4v) is 1.58. The molecule has 0 atom stereocenters. The van der Waals surface area contributed by atoms with Gasteiger partial charge in [0.1, 0.15) is 5.60 Å². The van der Waals surface area contributed by atoms with Crippen molar-refractivity contribution < 1.29 is 9.53 Å². The van der Waals surface area contributed by atoms with E-state index in [0.29, 0.717) is 12.4 Å². The molecule has 1 N–H and O–H groups in total. The van der Waals surface area contributed by atoms with Gasteiger partial charge in [0.2, 0.25) is 5.82 Å². The van der Waals surface area contributed by atoms with Crippen molar-refractivity contribution in [2.24, 2.45) is 0 Å². The Balaban J connectivity index is 1.93. The van der Waals surface area contributed by atoms with Crippen LogP contribution in [0.15, 0.2) is 30.6 Å². The first-order valence-electron chi connectivity index (χ1n) is 6.50. The molecule has 1 heterocycles. The van der Waals surface area contributed by atoms with Crippen LogP contribution in [0.2, 0.25) is 0 Å². The summed E-state index contributed by atoms with van der Waals surface area (Å²) in [6.07, 6.45) is 0.842. The summed E-state index contributed by atoms with van der Waals surface area (Å²) >= 11 is 0. The van der Waals surface area contributed by atoms with Crippen molar-refractivity contribution >= 4 is 6.09 Å². The lowest BCUT2D eigenvalue weighted by Gasteiger charge is -2.19. The monoisotopic (exact) mass is 287 g/mol. The van der Waals surface area contributed by atoms with Gasteiger partial charge in [-0.05, 0) is 26.3 Å². The van der Waals surface area contributed by atoms with E-state index in [1.807, 2.05) is 45.0 Å². The fourth-order valence-electron chi connectivity index (χ4n) is 1.58. The molecule has 110 valence electrons. The normalized spacial score (nSPS) is 11.0. The van der Waals surface area contributed by atoms with Gasteiger partial charge in [-0.3, -0.25) is 0 Å². The van der Waals surface area contributed by atoms with Crippen LogP contribution in [0.3, 0.4) is 0 Å². The fraction of sp³-hybridized carbons (Fsp3) is 0.357. The maximum absolute atomic E-state index is 11.6. The minimum atomic E-state index is -0.501. The maximum atomic E-state index is 11.6.